The minimum Gasteiger partial charge on any atom is -0.358 e. The lowest BCUT2D eigenvalue weighted by Gasteiger charge is -2.18. The van der Waals surface area contributed by atoms with Gasteiger partial charge in [-0.1, -0.05) is 6.07 Å². The summed E-state index contributed by atoms with van der Waals surface area (Å²) in [6.07, 6.45) is 2.70. The third kappa shape index (κ3) is 2.83. The van der Waals surface area contributed by atoms with Crippen LogP contribution < -0.4 is 4.90 Å². The van der Waals surface area contributed by atoms with Crippen LogP contribution in [-0.2, 0) is 6.42 Å². The number of aromatic nitrogens is 1. The van der Waals surface area contributed by atoms with Crippen LogP contribution in [0.3, 0.4) is 0 Å². The summed E-state index contributed by atoms with van der Waals surface area (Å²) in [5.74, 6) is 0.756. The third-order valence-electron chi connectivity index (χ3n) is 2.54. The van der Waals surface area contributed by atoms with Crippen LogP contribution in [0.15, 0.2) is 35.8 Å². The van der Waals surface area contributed by atoms with Gasteiger partial charge < -0.3 is 4.90 Å². The molecule has 0 bridgehead atoms. The first-order valence-corrected chi connectivity index (χ1v) is 6.28. The van der Waals surface area contributed by atoms with Crippen LogP contribution in [0.5, 0.6) is 0 Å². The number of hydrogen-bond acceptors (Lipinski definition) is 4. The lowest BCUT2D eigenvalue weighted by Crippen LogP contribution is -2.22. The van der Waals surface area contributed by atoms with E-state index in [1.807, 2.05) is 11.9 Å². The van der Waals surface area contributed by atoms with Gasteiger partial charge in [-0.3, -0.25) is 0 Å². The van der Waals surface area contributed by atoms with Crippen LogP contribution in [0.25, 0.3) is 0 Å². The highest BCUT2D eigenvalue weighted by atomic mass is 32.1. The van der Waals surface area contributed by atoms with Gasteiger partial charge in [0.1, 0.15) is 11.9 Å². The van der Waals surface area contributed by atoms with Gasteiger partial charge in [-0.05, 0) is 30.0 Å². The monoisotopic (exact) mass is 243 g/mol. The first kappa shape index (κ1) is 11.6. The van der Waals surface area contributed by atoms with Crippen molar-refractivity contribution in [3.05, 3.63) is 46.3 Å². The topological polar surface area (TPSA) is 39.9 Å². The first-order chi connectivity index (χ1) is 8.31. The SMILES string of the molecule is CN(CCc1cccs1)c1ncccc1C#N. The zero-order valence-corrected chi connectivity index (χ0v) is 10.4. The van der Waals surface area contributed by atoms with E-state index in [1.54, 1.807) is 29.7 Å². The van der Waals surface area contributed by atoms with E-state index in [1.165, 1.54) is 4.88 Å². The number of nitrogens with zero attached hydrogens (tertiary/aromatic N) is 3. The number of likely N-dealkylation sites (N-methyl/N-ethyl adjacent to an activating group) is 1. The van der Waals surface area contributed by atoms with Crippen LogP contribution in [0.1, 0.15) is 10.4 Å². The van der Waals surface area contributed by atoms with E-state index in [0.717, 1.165) is 18.8 Å². The molecule has 0 radical (unpaired) electrons. The predicted molar refractivity (Wildman–Crippen MR) is 70.2 cm³/mol. The number of nitriles is 1. The van der Waals surface area contributed by atoms with E-state index in [2.05, 4.69) is 28.6 Å². The number of pyridine rings is 1. The van der Waals surface area contributed by atoms with Gasteiger partial charge in [-0.25, -0.2) is 4.98 Å². The molecule has 4 heteroatoms. The third-order valence-corrected chi connectivity index (χ3v) is 3.48. The Bertz CT molecular complexity index is 514. The second-order valence-corrected chi connectivity index (χ2v) is 4.77. The van der Waals surface area contributed by atoms with Crippen molar-refractivity contribution in [1.29, 1.82) is 5.26 Å². The molecule has 0 aliphatic carbocycles. The van der Waals surface area contributed by atoms with Crippen molar-refractivity contribution in [1.82, 2.24) is 4.98 Å². The molecule has 0 aromatic carbocycles. The number of thiophene rings is 1. The molecule has 0 saturated heterocycles. The summed E-state index contributed by atoms with van der Waals surface area (Å²) in [4.78, 5) is 7.64. The largest absolute Gasteiger partial charge is 0.358 e. The van der Waals surface area contributed by atoms with E-state index in [4.69, 9.17) is 5.26 Å². The molecule has 2 aromatic heterocycles. The highest BCUT2D eigenvalue weighted by Crippen LogP contribution is 2.16. The second-order valence-electron chi connectivity index (χ2n) is 3.74. The Labute approximate surface area is 105 Å². The Hall–Kier alpha value is -1.86. The van der Waals surface area contributed by atoms with E-state index < -0.39 is 0 Å². The molecule has 0 saturated carbocycles. The molecule has 0 atom stereocenters. The van der Waals surface area contributed by atoms with Gasteiger partial charge >= 0.3 is 0 Å². The normalized spacial score (nSPS) is 9.88. The zero-order chi connectivity index (χ0) is 12.1. The molecular formula is C13H13N3S. The molecule has 0 aliphatic heterocycles. The highest BCUT2D eigenvalue weighted by molar-refractivity contribution is 7.09. The lowest BCUT2D eigenvalue weighted by atomic mass is 10.2. The quantitative estimate of drug-likeness (QED) is 0.829. The van der Waals surface area contributed by atoms with Gasteiger partial charge in [0.15, 0.2) is 0 Å². The summed E-state index contributed by atoms with van der Waals surface area (Å²) < 4.78 is 0. The van der Waals surface area contributed by atoms with Gasteiger partial charge in [0.25, 0.3) is 0 Å². The predicted octanol–water partition coefficient (Wildman–Crippen LogP) is 2.69. The fourth-order valence-electron chi connectivity index (χ4n) is 1.63. The molecular weight excluding hydrogens is 230 g/mol. The van der Waals surface area contributed by atoms with Gasteiger partial charge in [0, 0.05) is 24.7 Å². The van der Waals surface area contributed by atoms with E-state index in [9.17, 15) is 0 Å². The fourth-order valence-corrected chi connectivity index (χ4v) is 2.33. The molecule has 0 N–H and O–H groups in total. The van der Waals surface area contributed by atoms with Crippen LogP contribution >= 0.6 is 11.3 Å². The molecule has 0 aliphatic rings. The lowest BCUT2D eigenvalue weighted by molar-refractivity contribution is 0.867. The molecule has 2 aromatic rings. The van der Waals surface area contributed by atoms with Crippen LogP contribution in [0, 0.1) is 11.3 Å². The minimum atomic E-state index is 0.626. The summed E-state index contributed by atoms with van der Waals surface area (Å²) in [7, 11) is 1.97. The summed E-state index contributed by atoms with van der Waals surface area (Å²) in [5, 5.41) is 11.1. The average molecular weight is 243 g/mol. The summed E-state index contributed by atoms with van der Waals surface area (Å²) in [6, 6.07) is 9.93. The molecule has 17 heavy (non-hydrogen) atoms. The Balaban J connectivity index is 2.05. The number of hydrogen-bond donors (Lipinski definition) is 0. The Morgan fingerprint density at radius 2 is 2.29 bits per heavy atom. The molecule has 86 valence electrons. The van der Waals surface area contributed by atoms with Crippen molar-refractivity contribution in [3.8, 4) is 6.07 Å². The van der Waals surface area contributed by atoms with E-state index in [0.29, 0.717) is 5.56 Å². The van der Waals surface area contributed by atoms with E-state index in [-0.39, 0.29) is 0 Å². The molecule has 0 unspecified atom stereocenters. The van der Waals surface area contributed by atoms with E-state index >= 15 is 0 Å². The second kappa shape index (κ2) is 5.46. The van der Waals surface area contributed by atoms with Crippen molar-refractivity contribution < 1.29 is 0 Å². The molecule has 0 fully saturated rings. The summed E-state index contributed by atoms with van der Waals surface area (Å²) in [5.41, 5.74) is 0.626. The summed E-state index contributed by atoms with van der Waals surface area (Å²) >= 11 is 1.76. The zero-order valence-electron chi connectivity index (χ0n) is 9.63. The van der Waals surface area contributed by atoms with Crippen LogP contribution in [0.2, 0.25) is 0 Å². The molecule has 3 nitrogen and oxygen atoms in total. The number of rotatable bonds is 4. The maximum Gasteiger partial charge on any atom is 0.146 e. The van der Waals surface area contributed by atoms with Gasteiger partial charge in [-0.2, -0.15) is 5.26 Å². The molecule has 2 rings (SSSR count). The molecule has 0 amide bonds. The standard InChI is InChI=1S/C13H13N3S/c1-16(8-6-12-5-3-9-17-12)13-11(10-14)4-2-7-15-13/h2-5,7,9H,6,8H2,1H3. The summed E-state index contributed by atoms with van der Waals surface area (Å²) in [6.45, 7) is 0.867. The minimum absolute atomic E-state index is 0.626. The fraction of sp³-hybridized carbons (Fsp3) is 0.231. The number of anilines is 1. The van der Waals surface area contributed by atoms with Crippen molar-refractivity contribution in [2.75, 3.05) is 18.5 Å². The Kier molecular flexibility index (Phi) is 3.73. The Morgan fingerprint density at radius 3 is 3.00 bits per heavy atom. The smallest absolute Gasteiger partial charge is 0.146 e. The van der Waals surface area contributed by atoms with Crippen LogP contribution in [-0.4, -0.2) is 18.6 Å². The van der Waals surface area contributed by atoms with Gasteiger partial charge in [0.2, 0.25) is 0 Å². The van der Waals surface area contributed by atoms with Crippen molar-refractivity contribution in [2.24, 2.45) is 0 Å². The van der Waals surface area contributed by atoms with Gasteiger partial charge in [-0.15, -0.1) is 11.3 Å². The maximum atomic E-state index is 9.00. The van der Waals surface area contributed by atoms with Crippen molar-refractivity contribution >= 4 is 17.2 Å². The van der Waals surface area contributed by atoms with Crippen molar-refractivity contribution in [3.63, 3.8) is 0 Å². The van der Waals surface area contributed by atoms with Crippen LogP contribution in [0.4, 0.5) is 5.82 Å². The van der Waals surface area contributed by atoms with Crippen molar-refractivity contribution in [2.45, 2.75) is 6.42 Å². The average Bonchev–Trinajstić information content (AvgIpc) is 2.89. The molecule has 0 spiro atoms. The first-order valence-electron chi connectivity index (χ1n) is 5.40. The molecule has 2 heterocycles. The maximum absolute atomic E-state index is 9.00. The Morgan fingerprint density at radius 1 is 1.41 bits per heavy atom. The highest BCUT2D eigenvalue weighted by Gasteiger charge is 2.08. The van der Waals surface area contributed by atoms with Gasteiger partial charge in [0.05, 0.1) is 5.56 Å².